The van der Waals surface area contributed by atoms with Crippen LogP contribution in [-0.4, -0.2) is 32.3 Å². The lowest BCUT2D eigenvalue weighted by atomic mass is 10.0. The maximum absolute atomic E-state index is 13.1. The third-order valence-electron chi connectivity index (χ3n) is 5.25. The summed E-state index contributed by atoms with van der Waals surface area (Å²) in [6, 6.07) is 11.1. The summed E-state index contributed by atoms with van der Waals surface area (Å²) in [5.74, 6) is -0.407. The summed E-state index contributed by atoms with van der Waals surface area (Å²) in [5.41, 5.74) is 2.83. The van der Waals surface area contributed by atoms with E-state index in [0.717, 1.165) is 29.5 Å². The molecule has 0 bridgehead atoms. The molecule has 1 aliphatic rings. The second-order valence-electron chi connectivity index (χ2n) is 7.19. The molecule has 1 aliphatic heterocycles. The van der Waals surface area contributed by atoms with Crippen molar-refractivity contribution < 1.29 is 17.6 Å². The van der Waals surface area contributed by atoms with E-state index in [2.05, 4.69) is 4.72 Å². The first-order valence-electron chi connectivity index (χ1n) is 9.40. The van der Waals surface area contributed by atoms with Gasteiger partial charge in [-0.25, -0.2) is 17.5 Å². The smallest absolute Gasteiger partial charge is 0.240 e. The van der Waals surface area contributed by atoms with Crippen molar-refractivity contribution in [2.45, 2.75) is 44.0 Å². The predicted molar refractivity (Wildman–Crippen MR) is 106 cm³/mol. The van der Waals surface area contributed by atoms with E-state index in [-0.39, 0.29) is 35.6 Å². The SMILES string of the molecule is Cc1ccc(S(=O)(=O)NCCC(=O)N2CCCC2c2ccc(F)cc2)cc1C. The van der Waals surface area contributed by atoms with Gasteiger partial charge in [0.2, 0.25) is 15.9 Å². The van der Waals surface area contributed by atoms with Crippen LogP contribution >= 0.6 is 0 Å². The van der Waals surface area contributed by atoms with Crippen molar-refractivity contribution in [1.82, 2.24) is 9.62 Å². The summed E-state index contributed by atoms with van der Waals surface area (Å²) < 4.78 is 40.6. The van der Waals surface area contributed by atoms with Crippen molar-refractivity contribution in [1.29, 1.82) is 0 Å². The fourth-order valence-corrected chi connectivity index (χ4v) is 4.61. The van der Waals surface area contributed by atoms with Gasteiger partial charge in [-0.05, 0) is 67.6 Å². The number of nitrogens with zero attached hydrogens (tertiary/aromatic N) is 1. The molecule has 0 saturated carbocycles. The maximum Gasteiger partial charge on any atom is 0.240 e. The third-order valence-corrected chi connectivity index (χ3v) is 6.71. The third kappa shape index (κ3) is 4.59. The van der Waals surface area contributed by atoms with Crippen LogP contribution in [0.4, 0.5) is 4.39 Å². The Labute approximate surface area is 165 Å². The summed E-state index contributed by atoms with van der Waals surface area (Å²) >= 11 is 0. The van der Waals surface area contributed by atoms with Crippen molar-refractivity contribution in [3.05, 3.63) is 65.0 Å². The quantitative estimate of drug-likeness (QED) is 0.802. The minimum Gasteiger partial charge on any atom is -0.336 e. The molecule has 1 unspecified atom stereocenters. The van der Waals surface area contributed by atoms with Crippen LogP contribution in [0.15, 0.2) is 47.4 Å². The Kier molecular flexibility index (Phi) is 6.15. The van der Waals surface area contributed by atoms with Crippen LogP contribution in [0.2, 0.25) is 0 Å². The molecule has 1 atom stereocenters. The zero-order valence-corrected chi connectivity index (χ0v) is 16.9. The van der Waals surface area contributed by atoms with Gasteiger partial charge in [-0.3, -0.25) is 4.79 Å². The van der Waals surface area contributed by atoms with Gasteiger partial charge in [0.25, 0.3) is 0 Å². The molecule has 1 amide bonds. The number of rotatable bonds is 6. The fourth-order valence-electron chi connectivity index (χ4n) is 3.50. The molecule has 28 heavy (non-hydrogen) atoms. The van der Waals surface area contributed by atoms with Crippen LogP contribution in [0.5, 0.6) is 0 Å². The first-order valence-corrected chi connectivity index (χ1v) is 10.9. The van der Waals surface area contributed by atoms with E-state index in [1.165, 1.54) is 12.1 Å². The summed E-state index contributed by atoms with van der Waals surface area (Å²) in [6.07, 6.45) is 1.79. The molecule has 3 rings (SSSR count). The molecule has 0 radical (unpaired) electrons. The van der Waals surface area contributed by atoms with Gasteiger partial charge in [0.15, 0.2) is 0 Å². The zero-order valence-electron chi connectivity index (χ0n) is 16.1. The van der Waals surface area contributed by atoms with Crippen molar-refractivity contribution in [2.75, 3.05) is 13.1 Å². The standard InChI is InChI=1S/C21H25FN2O3S/c1-15-5-10-19(14-16(15)2)28(26,27)23-12-11-21(25)24-13-3-4-20(24)17-6-8-18(22)9-7-17/h5-10,14,20,23H,3-4,11-13H2,1-2H3. The van der Waals surface area contributed by atoms with Crippen molar-refractivity contribution >= 4 is 15.9 Å². The Morgan fingerprint density at radius 1 is 1.14 bits per heavy atom. The molecule has 5 nitrogen and oxygen atoms in total. The van der Waals surface area contributed by atoms with E-state index in [9.17, 15) is 17.6 Å². The largest absolute Gasteiger partial charge is 0.336 e. The van der Waals surface area contributed by atoms with Gasteiger partial charge in [-0.1, -0.05) is 18.2 Å². The zero-order chi connectivity index (χ0) is 20.3. The number of benzene rings is 2. The summed E-state index contributed by atoms with van der Waals surface area (Å²) in [4.78, 5) is 14.6. The van der Waals surface area contributed by atoms with Gasteiger partial charge >= 0.3 is 0 Å². The maximum atomic E-state index is 13.1. The topological polar surface area (TPSA) is 66.5 Å². The van der Waals surface area contributed by atoms with E-state index in [1.54, 1.807) is 35.2 Å². The number of amides is 1. The first kappa shape index (κ1) is 20.5. The summed E-state index contributed by atoms with van der Waals surface area (Å²) in [5, 5.41) is 0. The average Bonchev–Trinajstić information content (AvgIpc) is 3.14. The highest BCUT2D eigenvalue weighted by atomic mass is 32.2. The molecule has 2 aromatic carbocycles. The molecule has 7 heteroatoms. The number of aryl methyl sites for hydroxylation is 2. The molecule has 1 N–H and O–H groups in total. The van der Waals surface area contributed by atoms with Gasteiger partial charge < -0.3 is 4.90 Å². The Morgan fingerprint density at radius 3 is 2.54 bits per heavy atom. The highest BCUT2D eigenvalue weighted by Crippen LogP contribution is 2.32. The molecule has 2 aromatic rings. The van der Waals surface area contributed by atoms with Crippen molar-refractivity contribution in [3.63, 3.8) is 0 Å². The molecule has 1 saturated heterocycles. The number of halogens is 1. The number of sulfonamides is 1. The van der Waals surface area contributed by atoms with E-state index in [1.807, 2.05) is 13.8 Å². The monoisotopic (exact) mass is 404 g/mol. The first-order chi connectivity index (χ1) is 13.3. The molecule has 1 fully saturated rings. The molecule has 0 aliphatic carbocycles. The van der Waals surface area contributed by atoms with Crippen LogP contribution in [0.1, 0.15) is 42.0 Å². The van der Waals surface area contributed by atoms with E-state index in [4.69, 9.17) is 0 Å². The lowest BCUT2D eigenvalue weighted by Crippen LogP contribution is -2.34. The molecule has 0 spiro atoms. The van der Waals surface area contributed by atoms with Gasteiger partial charge in [0, 0.05) is 19.5 Å². The minimum absolute atomic E-state index is 0.0424. The molecular weight excluding hydrogens is 379 g/mol. The number of carbonyl (C=O) groups is 1. The Morgan fingerprint density at radius 2 is 1.86 bits per heavy atom. The highest BCUT2D eigenvalue weighted by molar-refractivity contribution is 7.89. The Hall–Kier alpha value is -2.25. The van der Waals surface area contributed by atoms with Crippen LogP contribution in [-0.2, 0) is 14.8 Å². The Bertz CT molecular complexity index is 958. The molecular formula is C21H25FN2O3S. The fraction of sp³-hybridized carbons (Fsp3) is 0.381. The lowest BCUT2D eigenvalue weighted by molar-refractivity contribution is -0.131. The minimum atomic E-state index is -3.65. The Balaban J connectivity index is 1.60. The average molecular weight is 405 g/mol. The second kappa shape index (κ2) is 8.41. The van der Waals surface area contributed by atoms with Crippen molar-refractivity contribution in [2.24, 2.45) is 0 Å². The number of hydrogen-bond acceptors (Lipinski definition) is 3. The van der Waals surface area contributed by atoms with Crippen molar-refractivity contribution in [3.8, 4) is 0 Å². The summed E-state index contributed by atoms with van der Waals surface area (Å²) in [7, 11) is -3.65. The van der Waals surface area contributed by atoms with E-state index < -0.39 is 10.0 Å². The van der Waals surface area contributed by atoms with Gasteiger partial charge in [0.05, 0.1) is 10.9 Å². The predicted octanol–water partition coefficient (Wildman–Crippen LogP) is 3.47. The number of carbonyl (C=O) groups excluding carboxylic acids is 1. The molecule has 0 aromatic heterocycles. The van der Waals surface area contributed by atoms with E-state index in [0.29, 0.717) is 6.54 Å². The van der Waals surface area contributed by atoms with E-state index >= 15 is 0 Å². The number of hydrogen-bond donors (Lipinski definition) is 1. The van der Waals surface area contributed by atoms with Gasteiger partial charge in [-0.15, -0.1) is 0 Å². The van der Waals surface area contributed by atoms with Crippen LogP contribution in [0.3, 0.4) is 0 Å². The summed E-state index contributed by atoms with van der Waals surface area (Å²) in [6.45, 7) is 4.46. The lowest BCUT2D eigenvalue weighted by Gasteiger charge is -2.25. The van der Waals surface area contributed by atoms with Gasteiger partial charge in [-0.2, -0.15) is 0 Å². The second-order valence-corrected chi connectivity index (χ2v) is 8.96. The molecule has 1 heterocycles. The highest BCUT2D eigenvalue weighted by Gasteiger charge is 2.29. The number of likely N-dealkylation sites (tertiary alicyclic amines) is 1. The normalized spacial score (nSPS) is 17.1. The van der Waals surface area contributed by atoms with Crippen LogP contribution < -0.4 is 4.72 Å². The van der Waals surface area contributed by atoms with Crippen LogP contribution in [0, 0.1) is 19.7 Å². The van der Waals surface area contributed by atoms with Crippen LogP contribution in [0.25, 0.3) is 0 Å². The number of nitrogens with one attached hydrogen (secondary N) is 1. The molecule has 150 valence electrons. The van der Waals surface area contributed by atoms with Gasteiger partial charge in [0.1, 0.15) is 5.82 Å².